The van der Waals surface area contributed by atoms with Gasteiger partial charge in [0.25, 0.3) is 0 Å². The van der Waals surface area contributed by atoms with Crippen LogP contribution in [0.2, 0.25) is 0 Å². The second-order valence-corrected chi connectivity index (χ2v) is 7.62. The van der Waals surface area contributed by atoms with E-state index < -0.39 is 0 Å². The highest BCUT2D eigenvalue weighted by Crippen LogP contribution is 2.32. The fraction of sp³-hybridized carbons (Fsp3) is 0.217. The number of nitrogens with zero attached hydrogens (tertiary/aromatic N) is 5. The van der Waals surface area contributed by atoms with E-state index in [2.05, 4.69) is 15.4 Å². The summed E-state index contributed by atoms with van der Waals surface area (Å²) in [6.45, 7) is 1.15. The number of fused-ring (bicyclic) bond motifs is 3. The van der Waals surface area contributed by atoms with E-state index in [4.69, 9.17) is 0 Å². The summed E-state index contributed by atoms with van der Waals surface area (Å²) in [6.07, 6.45) is 2.45. The molecule has 0 unspecified atom stereocenters. The summed E-state index contributed by atoms with van der Waals surface area (Å²) in [5.74, 6) is 0.386. The highest BCUT2D eigenvalue weighted by atomic mass is 19.1. The number of nitrogens with one attached hydrogen (secondary N) is 1. The summed E-state index contributed by atoms with van der Waals surface area (Å²) in [4.78, 5) is 33.7. The van der Waals surface area contributed by atoms with Gasteiger partial charge < -0.3 is 5.32 Å². The highest BCUT2D eigenvalue weighted by Gasteiger charge is 2.40. The molecule has 1 N–H and O–H groups in total. The predicted molar refractivity (Wildman–Crippen MR) is 117 cm³/mol. The molecule has 0 saturated carbocycles. The van der Waals surface area contributed by atoms with E-state index in [-0.39, 0.29) is 30.8 Å². The number of anilines is 1. The lowest BCUT2D eigenvalue weighted by atomic mass is 10.1. The Morgan fingerprint density at radius 3 is 2.78 bits per heavy atom. The summed E-state index contributed by atoms with van der Waals surface area (Å²) in [6, 6.07) is 15.2. The molecule has 2 aromatic carbocycles. The number of amidine groups is 1. The topological polar surface area (TPSA) is 82.8 Å². The van der Waals surface area contributed by atoms with Crippen LogP contribution in [-0.4, -0.2) is 52.1 Å². The normalized spacial score (nSPS) is 15.2. The molecular weight excluding hydrogens is 411 g/mol. The average molecular weight is 432 g/mol. The van der Waals surface area contributed by atoms with Crippen molar-refractivity contribution in [3.05, 3.63) is 77.7 Å². The Labute approximate surface area is 184 Å². The highest BCUT2D eigenvalue weighted by molar-refractivity contribution is 6.19. The molecule has 5 rings (SSSR count). The first kappa shape index (κ1) is 19.9. The van der Waals surface area contributed by atoms with Crippen molar-refractivity contribution in [3.8, 4) is 5.69 Å². The van der Waals surface area contributed by atoms with Crippen molar-refractivity contribution >= 4 is 23.6 Å². The molecule has 3 aromatic rings. The van der Waals surface area contributed by atoms with Gasteiger partial charge in [0.2, 0.25) is 5.91 Å². The molecule has 1 aromatic heterocycles. The Bertz CT molecular complexity index is 1210. The van der Waals surface area contributed by atoms with Gasteiger partial charge in [-0.05, 0) is 36.2 Å². The van der Waals surface area contributed by atoms with Gasteiger partial charge in [-0.25, -0.2) is 13.9 Å². The van der Waals surface area contributed by atoms with Gasteiger partial charge >= 0.3 is 6.03 Å². The van der Waals surface area contributed by atoms with Crippen molar-refractivity contribution in [2.45, 2.75) is 13.0 Å². The van der Waals surface area contributed by atoms with Crippen molar-refractivity contribution in [1.29, 1.82) is 0 Å². The van der Waals surface area contributed by atoms with Crippen LogP contribution in [-0.2, 0) is 11.3 Å². The minimum Gasteiger partial charge on any atom is -0.350 e. The van der Waals surface area contributed by atoms with Crippen LogP contribution in [0.15, 0.2) is 65.8 Å². The second-order valence-electron chi connectivity index (χ2n) is 7.62. The van der Waals surface area contributed by atoms with Gasteiger partial charge in [0, 0.05) is 19.6 Å². The van der Waals surface area contributed by atoms with Gasteiger partial charge in [0.05, 0.1) is 17.4 Å². The van der Waals surface area contributed by atoms with Crippen molar-refractivity contribution in [2.75, 3.05) is 24.5 Å². The number of carbonyl (C=O) groups is 2. The summed E-state index contributed by atoms with van der Waals surface area (Å²) in [7, 11) is 0. The lowest BCUT2D eigenvalue weighted by Crippen LogP contribution is -2.55. The van der Waals surface area contributed by atoms with Crippen molar-refractivity contribution in [2.24, 2.45) is 4.99 Å². The lowest BCUT2D eigenvalue weighted by Gasteiger charge is -2.37. The van der Waals surface area contributed by atoms with Crippen LogP contribution in [0.25, 0.3) is 5.69 Å². The van der Waals surface area contributed by atoms with E-state index in [1.165, 1.54) is 17.0 Å². The molecule has 0 saturated heterocycles. The first-order valence-corrected chi connectivity index (χ1v) is 10.4. The van der Waals surface area contributed by atoms with E-state index in [1.807, 2.05) is 30.3 Å². The first-order chi connectivity index (χ1) is 15.6. The van der Waals surface area contributed by atoms with E-state index in [9.17, 15) is 14.0 Å². The molecule has 0 aliphatic carbocycles. The zero-order valence-corrected chi connectivity index (χ0v) is 17.2. The number of aliphatic imine (C=N–C) groups is 1. The van der Waals surface area contributed by atoms with Crippen molar-refractivity contribution in [3.63, 3.8) is 0 Å². The van der Waals surface area contributed by atoms with Crippen LogP contribution in [0.5, 0.6) is 0 Å². The Kier molecular flexibility index (Phi) is 5.14. The molecule has 162 valence electrons. The number of benzene rings is 2. The lowest BCUT2D eigenvalue weighted by molar-refractivity contribution is -0.119. The van der Waals surface area contributed by atoms with Gasteiger partial charge in [-0.2, -0.15) is 5.10 Å². The Morgan fingerprint density at radius 1 is 1.12 bits per heavy atom. The molecule has 8 nitrogen and oxygen atoms in total. The quantitative estimate of drug-likeness (QED) is 0.673. The van der Waals surface area contributed by atoms with Gasteiger partial charge in [0.1, 0.15) is 18.2 Å². The molecule has 2 aliphatic heterocycles. The number of urea groups is 1. The Balaban J connectivity index is 1.46. The number of rotatable bonds is 5. The first-order valence-electron chi connectivity index (χ1n) is 10.4. The number of hydrogen-bond donors (Lipinski definition) is 1. The average Bonchev–Trinajstić information content (AvgIpc) is 3.26. The summed E-state index contributed by atoms with van der Waals surface area (Å²) >= 11 is 0. The molecule has 0 bridgehead atoms. The molecule has 0 atom stereocenters. The van der Waals surface area contributed by atoms with Gasteiger partial charge in [-0.1, -0.05) is 30.3 Å². The summed E-state index contributed by atoms with van der Waals surface area (Å²) in [5.41, 5.74) is 2.13. The number of para-hydroxylation sites is 1. The smallest absolute Gasteiger partial charge is 0.331 e. The molecule has 2 aliphatic rings. The molecule has 32 heavy (non-hydrogen) atoms. The third-order valence-electron chi connectivity index (χ3n) is 5.44. The summed E-state index contributed by atoms with van der Waals surface area (Å²) in [5, 5.41) is 7.27. The molecule has 3 heterocycles. The fourth-order valence-corrected chi connectivity index (χ4v) is 3.97. The molecule has 3 amide bonds. The van der Waals surface area contributed by atoms with E-state index >= 15 is 0 Å². The molecule has 0 radical (unpaired) electrons. The maximum Gasteiger partial charge on any atom is 0.331 e. The minimum atomic E-state index is -0.365. The van der Waals surface area contributed by atoms with Crippen molar-refractivity contribution in [1.82, 2.24) is 20.0 Å². The number of hydrogen-bond acceptors (Lipinski definition) is 4. The van der Waals surface area contributed by atoms with Crippen molar-refractivity contribution < 1.29 is 14.0 Å². The van der Waals surface area contributed by atoms with Gasteiger partial charge in [0.15, 0.2) is 5.82 Å². The predicted octanol–water partition coefficient (Wildman–Crippen LogP) is 2.72. The number of amides is 3. The molecular formula is C23H21FN6O2. The Hall–Kier alpha value is -4.01. The van der Waals surface area contributed by atoms with E-state index in [0.29, 0.717) is 35.9 Å². The third-order valence-corrected chi connectivity index (χ3v) is 5.44. The van der Waals surface area contributed by atoms with Crippen LogP contribution < -0.4 is 10.2 Å². The Morgan fingerprint density at radius 2 is 1.97 bits per heavy atom. The fourth-order valence-electron chi connectivity index (χ4n) is 3.97. The molecule has 0 spiro atoms. The maximum atomic E-state index is 13.4. The number of carbonyl (C=O) groups excluding carboxylic acids is 2. The third kappa shape index (κ3) is 3.62. The van der Waals surface area contributed by atoms with E-state index in [0.717, 1.165) is 12.1 Å². The number of halogens is 1. The standard InChI is InChI=1S/C23H21FN6O2/c24-17-7-4-6-16(12-17)13-26-20(31)15-29-22-19(21-25-10-5-11-28(21)23(29)32)14-27-30(22)18-8-2-1-3-9-18/h1-4,6-9,12,14H,5,10-11,13,15H2,(H,26,31). The zero-order chi connectivity index (χ0) is 22.1. The van der Waals surface area contributed by atoms with Crippen LogP contribution in [0.3, 0.4) is 0 Å². The monoisotopic (exact) mass is 432 g/mol. The molecule has 0 fully saturated rings. The SMILES string of the molecule is O=C(CN1C(=O)N2CCCN=C2c2cnn(-c3ccccc3)c21)NCc1cccc(F)c1. The summed E-state index contributed by atoms with van der Waals surface area (Å²) < 4.78 is 15.1. The largest absolute Gasteiger partial charge is 0.350 e. The van der Waals surface area contributed by atoms with Crippen LogP contribution in [0, 0.1) is 5.82 Å². The van der Waals surface area contributed by atoms with Crippen LogP contribution in [0.4, 0.5) is 15.0 Å². The zero-order valence-electron chi connectivity index (χ0n) is 17.2. The van der Waals surface area contributed by atoms with Crippen LogP contribution in [0.1, 0.15) is 17.5 Å². The van der Waals surface area contributed by atoms with Crippen LogP contribution >= 0.6 is 0 Å². The molecule has 9 heteroatoms. The minimum absolute atomic E-state index is 0.167. The van der Waals surface area contributed by atoms with Gasteiger partial charge in [-0.15, -0.1) is 0 Å². The number of aromatic nitrogens is 2. The van der Waals surface area contributed by atoms with E-state index in [1.54, 1.807) is 27.9 Å². The van der Waals surface area contributed by atoms with Gasteiger partial charge in [-0.3, -0.25) is 19.6 Å². The second kappa shape index (κ2) is 8.26. The maximum absolute atomic E-state index is 13.4.